The van der Waals surface area contributed by atoms with E-state index in [1.165, 1.54) is 0 Å². The van der Waals surface area contributed by atoms with Crippen molar-refractivity contribution < 1.29 is 9.53 Å². The van der Waals surface area contributed by atoms with Crippen LogP contribution in [0.1, 0.15) is 5.69 Å². The van der Waals surface area contributed by atoms with E-state index >= 15 is 0 Å². The summed E-state index contributed by atoms with van der Waals surface area (Å²) >= 11 is 12.6. The number of hydrogen-bond donors (Lipinski definition) is 1. The van der Waals surface area contributed by atoms with Gasteiger partial charge in [-0.2, -0.15) is 0 Å². The molecule has 0 saturated heterocycles. The summed E-state index contributed by atoms with van der Waals surface area (Å²) in [5.74, 6) is 0.575. The number of hydrogen-bond acceptors (Lipinski definition) is 3. The van der Waals surface area contributed by atoms with Gasteiger partial charge in [0.1, 0.15) is 5.75 Å². The smallest absolute Gasteiger partial charge is 0.230 e. The second-order valence-electron chi connectivity index (χ2n) is 6.43. The highest BCUT2D eigenvalue weighted by Crippen LogP contribution is 2.31. The summed E-state index contributed by atoms with van der Waals surface area (Å²) in [5, 5.41) is 3.79. The predicted molar refractivity (Wildman–Crippen MR) is 116 cm³/mol. The molecule has 146 valence electrons. The molecule has 0 radical (unpaired) electrons. The highest BCUT2D eigenvalue weighted by atomic mass is 35.5. The van der Waals surface area contributed by atoms with Crippen LogP contribution < -0.4 is 10.1 Å². The van der Waals surface area contributed by atoms with Crippen LogP contribution in [0.5, 0.6) is 5.75 Å². The van der Waals surface area contributed by atoms with Gasteiger partial charge in [-0.15, -0.1) is 0 Å². The molecule has 0 fully saturated rings. The molecule has 0 aliphatic carbocycles. The Morgan fingerprint density at radius 2 is 1.83 bits per heavy atom. The number of fused-ring (bicyclic) bond motifs is 1. The van der Waals surface area contributed by atoms with Gasteiger partial charge in [-0.25, -0.2) is 4.98 Å². The molecule has 29 heavy (non-hydrogen) atoms. The number of benzene rings is 2. The molecule has 0 saturated carbocycles. The van der Waals surface area contributed by atoms with E-state index in [4.69, 9.17) is 32.9 Å². The van der Waals surface area contributed by atoms with Crippen molar-refractivity contribution in [2.24, 2.45) is 0 Å². The van der Waals surface area contributed by atoms with E-state index in [-0.39, 0.29) is 12.3 Å². The molecule has 0 unspecified atom stereocenters. The normalized spacial score (nSPS) is 10.9. The third-order valence-electron chi connectivity index (χ3n) is 4.49. The van der Waals surface area contributed by atoms with E-state index in [9.17, 15) is 4.79 Å². The number of nitrogens with one attached hydrogen (secondary N) is 1. The zero-order valence-electron chi connectivity index (χ0n) is 15.5. The van der Waals surface area contributed by atoms with E-state index in [1.54, 1.807) is 23.8 Å². The number of pyridine rings is 1. The molecule has 0 atom stereocenters. The van der Waals surface area contributed by atoms with Gasteiger partial charge in [-0.3, -0.25) is 4.79 Å². The molecular weight excluding hydrogens is 409 g/mol. The molecule has 0 spiro atoms. The van der Waals surface area contributed by atoms with Gasteiger partial charge in [0.25, 0.3) is 0 Å². The Morgan fingerprint density at radius 3 is 2.52 bits per heavy atom. The first-order valence-electron chi connectivity index (χ1n) is 8.90. The van der Waals surface area contributed by atoms with Crippen LogP contribution in [-0.2, 0) is 11.2 Å². The number of imidazole rings is 1. The summed E-state index contributed by atoms with van der Waals surface area (Å²) in [6, 6.07) is 18.4. The van der Waals surface area contributed by atoms with Crippen LogP contribution in [0.2, 0.25) is 10.0 Å². The number of carbonyl (C=O) groups excluding carboxylic acids is 1. The monoisotopic (exact) mass is 425 g/mol. The van der Waals surface area contributed by atoms with Crippen LogP contribution in [-0.4, -0.2) is 22.4 Å². The molecule has 5 nitrogen and oxygen atoms in total. The van der Waals surface area contributed by atoms with E-state index < -0.39 is 0 Å². The summed E-state index contributed by atoms with van der Waals surface area (Å²) in [6.45, 7) is 0. The van der Waals surface area contributed by atoms with Crippen LogP contribution in [0.4, 0.5) is 5.69 Å². The molecular formula is C22H17Cl2N3O2. The van der Waals surface area contributed by atoms with Crippen molar-refractivity contribution in [3.63, 3.8) is 0 Å². The van der Waals surface area contributed by atoms with Gasteiger partial charge in [0, 0.05) is 17.4 Å². The topological polar surface area (TPSA) is 55.6 Å². The Labute approximate surface area is 177 Å². The van der Waals surface area contributed by atoms with Crippen LogP contribution in [0.15, 0.2) is 66.9 Å². The standard InChI is InChI=1S/C22H17Cl2N3O2/c1-29-17-9-7-14(8-10-17)21-19(12-20(28)25-16-5-3-2-4-6-16)27-13-15(23)11-18(24)22(27)26-21/h2-11,13H,12H2,1H3,(H,25,28). The van der Waals surface area contributed by atoms with Crippen molar-refractivity contribution in [1.29, 1.82) is 0 Å². The number of rotatable bonds is 5. The number of aromatic nitrogens is 2. The van der Waals surface area contributed by atoms with Crippen LogP contribution in [0.25, 0.3) is 16.9 Å². The fourth-order valence-corrected chi connectivity index (χ4v) is 3.66. The summed E-state index contributed by atoms with van der Waals surface area (Å²) in [6.07, 6.45) is 1.82. The summed E-state index contributed by atoms with van der Waals surface area (Å²) in [7, 11) is 1.61. The highest BCUT2D eigenvalue weighted by Gasteiger charge is 2.19. The lowest BCUT2D eigenvalue weighted by Crippen LogP contribution is -2.16. The largest absolute Gasteiger partial charge is 0.497 e. The maximum atomic E-state index is 12.7. The molecule has 4 aromatic rings. The SMILES string of the molecule is COc1ccc(-c2nc3c(Cl)cc(Cl)cn3c2CC(=O)Nc2ccccc2)cc1. The first kappa shape index (κ1) is 19.3. The van der Waals surface area contributed by atoms with E-state index in [0.29, 0.717) is 27.1 Å². The number of halogens is 2. The number of ether oxygens (including phenoxy) is 1. The lowest BCUT2D eigenvalue weighted by Gasteiger charge is -2.08. The van der Waals surface area contributed by atoms with Gasteiger partial charge < -0.3 is 14.5 Å². The minimum Gasteiger partial charge on any atom is -0.497 e. The first-order chi connectivity index (χ1) is 14.0. The Bertz CT molecular complexity index is 1170. The van der Waals surface area contributed by atoms with Crippen molar-refractivity contribution in [1.82, 2.24) is 9.38 Å². The minimum absolute atomic E-state index is 0.105. The van der Waals surface area contributed by atoms with Gasteiger partial charge in [0.05, 0.1) is 35.0 Å². The Morgan fingerprint density at radius 1 is 1.10 bits per heavy atom. The van der Waals surface area contributed by atoms with Crippen molar-refractivity contribution in [2.75, 3.05) is 12.4 Å². The third-order valence-corrected chi connectivity index (χ3v) is 4.97. The fourth-order valence-electron chi connectivity index (χ4n) is 3.15. The Kier molecular flexibility index (Phi) is 5.43. The molecule has 0 bridgehead atoms. The molecule has 2 heterocycles. The fraction of sp³-hybridized carbons (Fsp3) is 0.0909. The van der Waals surface area contributed by atoms with E-state index in [1.807, 2.05) is 54.6 Å². The second-order valence-corrected chi connectivity index (χ2v) is 7.27. The number of para-hydroxylation sites is 1. The van der Waals surface area contributed by atoms with Crippen LogP contribution in [0, 0.1) is 0 Å². The number of amides is 1. The quantitative estimate of drug-likeness (QED) is 0.459. The van der Waals surface area contributed by atoms with Gasteiger partial charge in [-0.05, 0) is 42.5 Å². The Balaban J connectivity index is 1.78. The number of nitrogens with zero attached hydrogens (tertiary/aromatic N) is 2. The lowest BCUT2D eigenvalue weighted by atomic mass is 10.1. The van der Waals surface area contributed by atoms with Crippen molar-refractivity contribution in [3.8, 4) is 17.0 Å². The Hall–Kier alpha value is -3.02. The third kappa shape index (κ3) is 4.06. The summed E-state index contributed by atoms with van der Waals surface area (Å²) < 4.78 is 7.00. The van der Waals surface area contributed by atoms with Crippen LogP contribution in [0.3, 0.4) is 0 Å². The van der Waals surface area contributed by atoms with Gasteiger partial charge >= 0.3 is 0 Å². The first-order valence-corrected chi connectivity index (χ1v) is 9.66. The second kappa shape index (κ2) is 8.15. The average Bonchev–Trinajstić information content (AvgIpc) is 3.07. The van der Waals surface area contributed by atoms with Gasteiger partial charge in [-0.1, -0.05) is 41.4 Å². The van der Waals surface area contributed by atoms with E-state index in [2.05, 4.69) is 5.32 Å². The molecule has 1 amide bonds. The minimum atomic E-state index is -0.163. The highest BCUT2D eigenvalue weighted by molar-refractivity contribution is 6.36. The zero-order valence-corrected chi connectivity index (χ0v) is 17.0. The molecule has 1 N–H and O–H groups in total. The molecule has 7 heteroatoms. The van der Waals surface area contributed by atoms with E-state index in [0.717, 1.165) is 17.0 Å². The maximum absolute atomic E-state index is 12.7. The summed E-state index contributed by atoms with van der Waals surface area (Å²) in [4.78, 5) is 17.4. The van der Waals surface area contributed by atoms with Gasteiger partial charge in [0.15, 0.2) is 5.65 Å². The average molecular weight is 426 g/mol. The lowest BCUT2D eigenvalue weighted by molar-refractivity contribution is -0.115. The molecule has 0 aliphatic rings. The van der Waals surface area contributed by atoms with Crippen molar-refractivity contribution >= 4 is 40.4 Å². The molecule has 2 aromatic heterocycles. The molecule has 4 rings (SSSR count). The van der Waals surface area contributed by atoms with Gasteiger partial charge in [0.2, 0.25) is 5.91 Å². The number of anilines is 1. The number of carbonyl (C=O) groups is 1. The van der Waals surface area contributed by atoms with Crippen LogP contribution >= 0.6 is 23.2 Å². The predicted octanol–water partition coefficient (Wildman–Crippen LogP) is 5.50. The summed E-state index contributed by atoms with van der Waals surface area (Å²) in [5.41, 5.74) is 3.49. The zero-order chi connectivity index (χ0) is 20.4. The molecule has 2 aromatic carbocycles. The molecule has 0 aliphatic heterocycles. The van der Waals surface area contributed by atoms with Crippen molar-refractivity contribution in [2.45, 2.75) is 6.42 Å². The maximum Gasteiger partial charge on any atom is 0.230 e. The van der Waals surface area contributed by atoms with Crippen molar-refractivity contribution in [3.05, 3.63) is 82.6 Å². The number of methoxy groups -OCH3 is 1.